The molecule has 1 unspecified atom stereocenters. The Morgan fingerprint density at radius 2 is 1.80 bits per heavy atom. The zero-order valence-corrected chi connectivity index (χ0v) is 13.8. The van der Waals surface area contributed by atoms with Crippen LogP contribution in [-0.2, 0) is 0 Å². The summed E-state index contributed by atoms with van der Waals surface area (Å²) >= 11 is 13.6. The fourth-order valence-corrected chi connectivity index (χ4v) is 3.36. The predicted octanol–water partition coefficient (Wildman–Crippen LogP) is 5.40. The van der Waals surface area contributed by atoms with Crippen molar-refractivity contribution in [3.05, 3.63) is 63.1 Å². The van der Waals surface area contributed by atoms with E-state index in [0.29, 0.717) is 10.0 Å². The van der Waals surface area contributed by atoms with Gasteiger partial charge in [-0.05, 0) is 43.2 Å². The lowest BCUT2D eigenvalue weighted by atomic mass is 10.0. The molecule has 2 N–H and O–H groups in total. The fraction of sp³-hybridized carbons (Fsp3) is 0.250. The second-order valence-electron chi connectivity index (χ2n) is 4.85. The molecular formula is C16H17Cl2NS. The standard InChI is InChI=1S/C16H17Cl2NS/c1-10-3-5-13(11(2)7-10)16(19)9-20-12-4-6-14(17)15(18)8-12/h3-8,16H,9,19H2,1-2H3. The van der Waals surface area contributed by atoms with Crippen LogP contribution >= 0.6 is 35.0 Å². The third-order valence-corrected chi connectivity index (χ3v) is 5.00. The number of thioether (sulfide) groups is 1. The van der Waals surface area contributed by atoms with Gasteiger partial charge in [0, 0.05) is 16.7 Å². The number of rotatable bonds is 4. The van der Waals surface area contributed by atoms with Crippen LogP contribution in [0.5, 0.6) is 0 Å². The smallest absolute Gasteiger partial charge is 0.0603 e. The molecule has 2 aromatic rings. The number of hydrogen-bond acceptors (Lipinski definition) is 2. The molecule has 106 valence electrons. The minimum absolute atomic E-state index is 0.00931. The maximum atomic E-state index is 6.28. The van der Waals surface area contributed by atoms with Crippen LogP contribution in [0.3, 0.4) is 0 Å². The monoisotopic (exact) mass is 325 g/mol. The average Bonchev–Trinajstić information content (AvgIpc) is 2.40. The van der Waals surface area contributed by atoms with Crippen LogP contribution in [0.1, 0.15) is 22.7 Å². The van der Waals surface area contributed by atoms with Gasteiger partial charge in [0.15, 0.2) is 0 Å². The van der Waals surface area contributed by atoms with E-state index in [-0.39, 0.29) is 6.04 Å². The zero-order chi connectivity index (χ0) is 14.7. The first kappa shape index (κ1) is 15.7. The second-order valence-corrected chi connectivity index (χ2v) is 6.76. The minimum atomic E-state index is 0.00931. The van der Waals surface area contributed by atoms with E-state index in [2.05, 4.69) is 32.0 Å². The largest absolute Gasteiger partial charge is 0.323 e. The topological polar surface area (TPSA) is 26.0 Å². The summed E-state index contributed by atoms with van der Waals surface area (Å²) in [4.78, 5) is 1.08. The number of benzene rings is 2. The van der Waals surface area contributed by atoms with Gasteiger partial charge in [-0.3, -0.25) is 0 Å². The molecule has 0 aliphatic rings. The van der Waals surface area contributed by atoms with Crippen molar-refractivity contribution < 1.29 is 0 Å². The molecule has 0 saturated carbocycles. The molecule has 0 amide bonds. The average molecular weight is 326 g/mol. The molecular weight excluding hydrogens is 309 g/mol. The lowest BCUT2D eigenvalue weighted by molar-refractivity contribution is 0.822. The molecule has 0 heterocycles. The van der Waals surface area contributed by atoms with E-state index < -0.39 is 0 Å². The van der Waals surface area contributed by atoms with E-state index in [4.69, 9.17) is 28.9 Å². The maximum Gasteiger partial charge on any atom is 0.0603 e. The summed E-state index contributed by atoms with van der Waals surface area (Å²) in [6.45, 7) is 4.19. The van der Waals surface area contributed by atoms with Gasteiger partial charge in [-0.1, -0.05) is 47.0 Å². The molecule has 0 fully saturated rings. The van der Waals surface area contributed by atoms with Gasteiger partial charge >= 0.3 is 0 Å². The van der Waals surface area contributed by atoms with E-state index in [0.717, 1.165) is 10.6 Å². The van der Waals surface area contributed by atoms with E-state index in [1.165, 1.54) is 16.7 Å². The van der Waals surface area contributed by atoms with E-state index in [1.807, 2.05) is 18.2 Å². The predicted molar refractivity (Wildman–Crippen MR) is 90.0 cm³/mol. The SMILES string of the molecule is Cc1ccc(C(N)CSc2ccc(Cl)c(Cl)c2)c(C)c1. The number of nitrogens with two attached hydrogens (primary N) is 1. The molecule has 0 radical (unpaired) electrons. The quantitative estimate of drug-likeness (QED) is 0.761. The fourth-order valence-electron chi connectivity index (χ4n) is 2.08. The Hall–Kier alpha value is -0.670. The molecule has 2 rings (SSSR count). The lowest BCUT2D eigenvalue weighted by Gasteiger charge is -2.15. The Labute approximate surface area is 134 Å². The molecule has 1 nitrogen and oxygen atoms in total. The highest BCUT2D eigenvalue weighted by Gasteiger charge is 2.10. The third kappa shape index (κ3) is 3.92. The molecule has 0 aliphatic carbocycles. The summed E-state index contributed by atoms with van der Waals surface area (Å²) in [5.74, 6) is 0.807. The first-order valence-corrected chi connectivity index (χ1v) is 8.12. The molecule has 0 aromatic heterocycles. The summed E-state index contributed by atoms with van der Waals surface area (Å²) in [6, 6.07) is 12.1. The van der Waals surface area contributed by atoms with Crippen LogP contribution in [0.25, 0.3) is 0 Å². The van der Waals surface area contributed by atoms with Crippen molar-refractivity contribution in [2.75, 3.05) is 5.75 Å². The lowest BCUT2D eigenvalue weighted by Crippen LogP contribution is -2.14. The van der Waals surface area contributed by atoms with Crippen LogP contribution < -0.4 is 5.73 Å². The van der Waals surface area contributed by atoms with Crippen molar-refractivity contribution in [2.45, 2.75) is 24.8 Å². The van der Waals surface area contributed by atoms with E-state index in [1.54, 1.807) is 11.8 Å². The first-order chi connectivity index (χ1) is 9.47. The summed E-state index contributed by atoms with van der Waals surface area (Å²) in [5, 5.41) is 1.16. The maximum absolute atomic E-state index is 6.28. The van der Waals surface area contributed by atoms with Crippen molar-refractivity contribution in [1.82, 2.24) is 0 Å². The van der Waals surface area contributed by atoms with Crippen LogP contribution in [0.15, 0.2) is 41.3 Å². The van der Waals surface area contributed by atoms with Gasteiger partial charge in [0.2, 0.25) is 0 Å². The highest BCUT2D eigenvalue weighted by molar-refractivity contribution is 7.99. The highest BCUT2D eigenvalue weighted by atomic mass is 35.5. The van der Waals surface area contributed by atoms with E-state index in [9.17, 15) is 0 Å². The van der Waals surface area contributed by atoms with Gasteiger partial charge in [-0.25, -0.2) is 0 Å². The van der Waals surface area contributed by atoms with Gasteiger partial charge in [0.05, 0.1) is 10.0 Å². The normalized spacial score (nSPS) is 12.4. The van der Waals surface area contributed by atoms with Crippen LogP contribution in [-0.4, -0.2) is 5.75 Å². The van der Waals surface area contributed by atoms with Crippen molar-refractivity contribution in [3.63, 3.8) is 0 Å². The molecule has 0 spiro atoms. The van der Waals surface area contributed by atoms with Gasteiger partial charge < -0.3 is 5.73 Å². The summed E-state index contributed by atoms with van der Waals surface area (Å²) < 4.78 is 0. The first-order valence-electron chi connectivity index (χ1n) is 6.38. The number of aryl methyl sites for hydroxylation is 2. The zero-order valence-electron chi connectivity index (χ0n) is 11.5. The van der Waals surface area contributed by atoms with Crippen LogP contribution in [0.2, 0.25) is 10.0 Å². The van der Waals surface area contributed by atoms with E-state index >= 15 is 0 Å². The molecule has 2 aromatic carbocycles. The molecule has 1 atom stereocenters. The highest BCUT2D eigenvalue weighted by Crippen LogP contribution is 2.30. The Balaban J connectivity index is 2.04. The van der Waals surface area contributed by atoms with Gasteiger partial charge in [0.1, 0.15) is 0 Å². The van der Waals surface area contributed by atoms with Crippen molar-refractivity contribution in [2.24, 2.45) is 5.73 Å². The minimum Gasteiger partial charge on any atom is -0.323 e. The third-order valence-electron chi connectivity index (χ3n) is 3.15. The van der Waals surface area contributed by atoms with Gasteiger partial charge in [-0.2, -0.15) is 0 Å². The Morgan fingerprint density at radius 1 is 1.05 bits per heavy atom. The Bertz CT molecular complexity index is 613. The summed E-state index contributed by atoms with van der Waals surface area (Å²) in [7, 11) is 0. The molecule has 4 heteroatoms. The van der Waals surface area contributed by atoms with Crippen LogP contribution in [0, 0.1) is 13.8 Å². The van der Waals surface area contributed by atoms with Crippen molar-refractivity contribution in [1.29, 1.82) is 0 Å². The molecule has 0 aliphatic heterocycles. The molecule has 0 bridgehead atoms. The summed E-state index contributed by atoms with van der Waals surface area (Å²) in [6.07, 6.45) is 0. The Kier molecular flexibility index (Phi) is 5.39. The van der Waals surface area contributed by atoms with Crippen LogP contribution in [0.4, 0.5) is 0 Å². The second kappa shape index (κ2) is 6.86. The Morgan fingerprint density at radius 3 is 2.45 bits per heavy atom. The molecule has 20 heavy (non-hydrogen) atoms. The van der Waals surface area contributed by atoms with Gasteiger partial charge in [0.25, 0.3) is 0 Å². The van der Waals surface area contributed by atoms with Gasteiger partial charge in [-0.15, -0.1) is 11.8 Å². The number of hydrogen-bond donors (Lipinski definition) is 1. The molecule has 0 saturated heterocycles. The summed E-state index contributed by atoms with van der Waals surface area (Å²) in [5.41, 5.74) is 9.98. The van der Waals surface area contributed by atoms with Crippen molar-refractivity contribution in [3.8, 4) is 0 Å². The van der Waals surface area contributed by atoms with Crippen molar-refractivity contribution >= 4 is 35.0 Å². The number of halogens is 2.